The number of hydrogen-bond acceptors (Lipinski definition) is 2. The van der Waals surface area contributed by atoms with Crippen molar-refractivity contribution in [2.45, 2.75) is 51.5 Å². The number of nitrogens with one attached hydrogen (secondary N) is 3. The van der Waals surface area contributed by atoms with Gasteiger partial charge in [-0.05, 0) is 25.2 Å². The molecule has 0 aliphatic heterocycles. The molecule has 6 heteroatoms. The van der Waals surface area contributed by atoms with E-state index in [9.17, 15) is 4.79 Å². The van der Waals surface area contributed by atoms with Crippen LogP contribution in [0.3, 0.4) is 0 Å². The van der Waals surface area contributed by atoms with E-state index < -0.39 is 0 Å². The average Bonchev–Trinajstić information content (AvgIpc) is 3.18. The highest BCUT2D eigenvalue weighted by Crippen LogP contribution is 2.28. The van der Waals surface area contributed by atoms with Crippen LogP contribution < -0.4 is 16.0 Å². The summed E-state index contributed by atoms with van der Waals surface area (Å²) in [7, 11) is 1.78. The molecule has 3 N–H and O–H groups in total. The van der Waals surface area contributed by atoms with Crippen LogP contribution in [-0.4, -0.2) is 38.0 Å². The molecule has 2 aliphatic rings. The number of nitrogens with zero attached hydrogens (tertiary/aromatic N) is 1. The quantitative estimate of drug-likeness (QED) is 0.282. The number of carbonyl (C=O) groups is 1. The Bertz CT molecular complexity index is 356. The van der Waals surface area contributed by atoms with E-state index in [1.807, 2.05) is 0 Å². The van der Waals surface area contributed by atoms with Gasteiger partial charge in [0.2, 0.25) is 5.91 Å². The number of hydrogen-bond donors (Lipinski definition) is 3. The maximum absolute atomic E-state index is 12.0. The van der Waals surface area contributed by atoms with Gasteiger partial charge >= 0.3 is 0 Å². The van der Waals surface area contributed by atoms with Gasteiger partial charge in [0.25, 0.3) is 0 Å². The second-order valence-electron chi connectivity index (χ2n) is 6.09. The molecule has 0 heterocycles. The molecular weight excluding hydrogens is 379 g/mol. The topological polar surface area (TPSA) is 65.5 Å². The summed E-state index contributed by atoms with van der Waals surface area (Å²) in [6.45, 7) is 3.62. The fourth-order valence-electron chi connectivity index (χ4n) is 2.77. The standard InChI is InChI=1S/C15H28N4O.HI/c1-11-10-13(11)19-15(16-2)18-9-8-17-14(20)12-6-4-3-5-7-12;/h11-13H,3-10H2,1-2H3,(H,17,20)(H2,16,18,19);1H. The Labute approximate surface area is 145 Å². The van der Waals surface area contributed by atoms with Gasteiger partial charge < -0.3 is 16.0 Å². The Hall–Kier alpha value is -0.530. The molecule has 1 amide bonds. The monoisotopic (exact) mass is 408 g/mol. The Morgan fingerprint density at radius 3 is 2.33 bits per heavy atom. The first-order valence-corrected chi connectivity index (χ1v) is 7.95. The lowest BCUT2D eigenvalue weighted by molar-refractivity contribution is -0.125. The van der Waals surface area contributed by atoms with Crippen molar-refractivity contribution in [1.82, 2.24) is 16.0 Å². The zero-order valence-corrected chi connectivity index (χ0v) is 15.5. The van der Waals surface area contributed by atoms with E-state index >= 15 is 0 Å². The van der Waals surface area contributed by atoms with Crippen LogP contribution >= 0.6 is 24.0 Å². The average molecular weight is 408 g/mol. The molecule has 0 aromatic heterocycles. The third-order valence-corrected chi connectivity index (χ3v) is 4.35. The second-order valence-corrected chi connectivity index (χ2v) is 6.09. The molecule has 2 aliphatic carbocycles. The molecule has 0 spiro atoms. The summed E-state index contributed by atoms with van der Waals surface area (Å²) in [4.78, 5) is 16.1. The predicted molar refractivity (Wildman–Crippen MR) is 97.1 cm³/mol. The summed E-state index contributed by atoms with van der Waals surface area (Å²) in [6, 6.07) is 0.568. The largest absolute Gasteiger partial charge is 0.355 e. The summed E-state index contributed by atoms with van der Waals surface area (Å²) >= 11 is 0. The lowest BCUT2D eigenvalue weighted by atomic mass is 9.89. The van der Waals surface area contributed by atoms with Crippen molar-refractivity contribution >= 4 is 35.8 Å². The van der Waals surface area contributed by atoms with E-state index in [2.05, 4.69) is 27.9 Å². The first-order chi connectivity index (χ1) is 9.70. The van der Waals surface area contributed by atoms with E-state index in [1.165, 1.54) is 25.7 Å². The van der Waals surface area contributed by atoms with Gasteiger partial charge in [0.05, 0.1) is 0 Å². The molecule has 0 saturated heterocycles. The van der Waals surface area contributed by atoms with Gasteiger partial charge in [0, 0.05) is 32.1 Å². The number of aliphatic imine (C=N–C) groups is 1. The highest BCUT2D eigenvalue weighted by Gasteiger charge is 2.33. The van der Waals surface area contributed by atoms with Crippen molar-refractivity contribution in [3.05, 3.63) is 0 Å². The molecule has 2 rings (SSSR count). The van der Waals surface area contributed by atoms with E-state index in [0.717, 1.165) is 31.3 Å². The first kappa shape index (κ1) is 18.5. The normalized spacial score (nSPS) is 25.7. The maximum Gasteiger partial charge on any atom is 0.223 e. The number of guanidine groups is 1. The highest BCUT2D eigenvalue weighted by molar-refractivity contribution is 14.0. The Morgan fingerprint density at radius 1 is 1.14 bits per heavy atom. The van der Waals surface area contributed by atoms with E-state index in [0.29, 0.717) is 12.6 Å². The number of amides is 1. The zero-order chi connectivity index (χ0) is 14.4. The lowest BCUT2D eigenvalue weighted by Gasteiger charge is -2.21. The minimum Gasteiger partial charge on any atom is -0.355 e. The SMILES string of the molecule is CN=C(NCCNC(=O)C1CCCCC1)NC1CC1C.I. The van der Waals surface area contributed by atoms with E-state index in [-0.39, 0.29) is 35.8 Å². The summed E-state index contributed by atoms with van der Waals surface area (Å²) in [5, 5.41) is 9.64. The first-order valence-electron chi connectivity index (χ1n) is 7.95. The molecule has 0 radical (unpaired) electrons. The van der Waals surface area contributed by atoms with E-state index in [1.54, 1.807) is 7.05 Å². The Kier molecular flexibility index (Phi) is 8.36. The molecule has 2 unspecified atom stereocenters. The molecule has 0 bridgehead atoms. The van der Waals surface area contributed by atoms with Crippen molar-refractivity contribution in [2.24, 2.45) is 16.8 Å². The number of carbonyl (C=O) groups excluding carboxylic acids is 1. The van der Waals surface area contributed by atoms with Crippen LogP contribution in [0.2, 0.25) is 0 Å². The molecule has 2 atom stereocenters. The van der Waals surface area contributed by atoms with Gasteiger partial charge in [0.1, 0.15) is 0 Å². The molecule has 21 heavy (non-hydrogen) atoms. The van der Waals surface area contributed by atoms with Crippen molar-refractivity contribution in [2.75, 3.05) is 20.1 Å². The van der Waals surface area contributed by atoms with Crippen LogP contribution in [0.25, 0.3) is 0 Å². The smallest absolute Gasteiger partial charge is 0.223 e. The third kappa shape index (κ3) is 6.40. The molecule has 0 aromatic carbocycles. The molecular formula is C15H29IN4O. The van der Waals surface area contributed by atoms with Crippen molar-refractivity contribution in [1.29, 1.82) is 0 Å². The van der Waals surface area contributed by atoms with Gasteiger partial charge in [-0.3, -0.25) is 9.79 Å². The fraction of sp³-hybridized carbons (Fsp3) is 0.867. The van der Waals surface area contributed by atoms with Crippen molar-refractivity contribution < 1.29 is 4.79 Å². The van der Waals surface area contributed by atoms with Crippen molar-refractivity contribution in [3.8, 4) is 0 Å². The summed E-state index contributed by atoms with van der Waals surface area (Å²) in [5.41, 5.74) is 0. The van der Waals surface area contributed by atoms with Crippen molar-refractivity contribution in [3.63, 3.8) is 0 Å². The molecule has 0 aromatic rings. The highest BCUT2D eigenvalue weighted by atomic mass is 127. The molecule has 5 nitrogen and oxygen atoms in total. The Balaban J connectivity index is 0.00000220. The molecule has 122 valence electrons. The fourth-order valence-corrected chi connectivity index (χ4v) is 2.77. The van der Waals surface area contributed by atoms with Gasteiger partial charge in [0.15, 0.2) is 5.96 Å². The van der Waals surface area contributed by atoms with Gasteiger partial charge in [-0.1, -0.05) is 26.2 Å². The van der Waals surface area contributed by atoms with Crippen LogP contribution in [0.5, 0.6) is 0 Å². The maximum atomic E-state index is 12.0. The van der Waals surface area contributed by atoms with Gasteiger partial charge in [-0.15, -0.1) is 24.0 Å². The van der Waals surface area contributed by atoms with Crippen LogP contribution in [0, 0.1) is 11.8 Å². The number of halogens is 1. The summed E-state index contributed by atoms with van der Waals surface area (Å²) < 4.78 is 0. The van der Waals surface area contributed by atoms with Crippen LogP contribution in [0.1, 0.15) is 45.4 Å². The summed E-state index contributed by atoms with van der Waals surface area (Å²) in [6.07, 6.45) is 7.02. The minimum atomic E-state index is 0. The second kappa shape index (κ2) is 9.48. The van der Waals surface area contributed by atoms with Gasteiger partial charge in [-0.25, -0.2) is 0 Å². The molecule has 2 fully saturated rings. The minimum absolute atomic E-state index is 0. The van der Waals surface area contributed by atoms with Crippen LogP contribution in [0.4, 0.5) is 0 Å². The zero-order valence-electron chi connectivity index (χ0n) is 13.2. The van der Waals surface area contributed by atoms with Gasteiger partial charge in [-0.2, -0.15) is 0 Å². The Morgan fingerprint density at radius 2 is 1.76 bits per heavy atom. The number of rotatable bonds is 5. The van der Waals surface area contributed by atoms with Crippen LogP contribution in [0.15, 0.2) is 4.99 Å². The van der Waals surface area contributed by atoms with E-state index in [4.69, 9.17) is 0 Å². The lowest BCUT2D eigenvalue weighted by Crippen LogP contribution is -2.43. The third-order valence-electron chi connectivity index (χ3n) is 4.35. The van der Waals surface area contributed by atoms with Crippen LogP contribution in [-0.2, 0) is 4.79 Å². The molecule has 2 saturated carbocycles. The summed E-state index contributed by atoms with van der Waals surface area (Å²) in [5.74, 6) is 2.06. The predicted octanol–water partition coefficient (Wildman–Crippen LogP) is 1.87.